The number of amides is 2. The van der Waals surface area contributed by atoms with Crippen molar-refractivity contribution < 1.29 is 28.9 Å². The van der Waals surface area contributed by atoms with Crippen LogP contribution in [0.25, 0.3) is 0 Å². The van der Waals surface area contributed by atoms with Gasteiger partial charge in [0.1, 0.15) is 31.3 Å². The molecule has 0 aliphatic rings. The highest BCUT2D eigenvalue weighted by molar-refractivity contribution is 5.76. The zero-order chi connectivity index (χ0) is 36.2. The fraction of sp³-hybridized carbons (Fsp3) is 0.256. The highest BCUT2D eigenvalue weighted by atomic mass is 16.5. The molecule has 270 valence electrons. The Kier molecular flexibility index (Phi) is 15.1. The lowest BCUT2D eigenvalue weighted by Gasteiger charge is -2.26. The van der Waals surface area contributed by atoms with E-state index in [4.69, 9.17) is 14.2 Å². The quantitative estimate of drug-likeness (QED) is 0.0532. The first-order valence-electron chi connectivity index (χ1n) is 17.7. The van der Waals surface area contributed by atoms with E-state index in [0.29, 0.717) is 62.8 Å². The molecule has 0 aliphatic heterocycles. The summed E-state index contributed by atoms with van der Waals surface area (Å²) in [6.07, 6.45) is 2.08. The number of carbonyl (C=O) groups excluding carboxylic acids is 2. The lowest BCUT2D eigenvalue weighted by Crippen LogP contribution is -2.32. The van der Waals surface area contributed by atoms with Crippen molar-refractivity contribution in [3.05, 3.63) is 161 Å². The van der Waals surface area contributed by atoms with Crippen LogP contribution in [-0.2, 0) is 35.7 Å². The van der Waals surface area contributed by atoms with Gasteiger partial charge in [0, 0.05) is 26.2 Å². The van der Waals surface area contributed by atoms with Gasteiger partial charge in [-0.1, -0.05) is 109 Å². The molecule has 2 amide bonds. The minimum atomic E-state index is -0.812. The number of benzene rings is 5. The third-order valence-corrected chi connectivity index (χ3v) is 8.49. The number of nitrogens with zero attached hydrogens (tertiary/aromatic N) is 1. The van der Waals surface area contributed by atoms with Crippen molar-refractivity contribution in [1.82, 2.24) is 10.2 Å². The highest BCUT2D eigenvalue weighted by Crippen LogP contribution is 2.29. The number of aliphatic hydroxyl groups is 1. The fourth-order valence-electron chi connectivity index (χ4n) is 5.68. The molecule has 3 N–H and O–H groups in total. The van der Waals surface area contributed by atoms with Crippen LogP contribution in [0.5, 0.6) is 11.5 Å². The van der Waals surface area contributed by atoms with Crippen molar-refractivity contribution in [2.75, 3.05) is 31.6 Å². The molecule has 5 aromatic rings. The first kappa shape index (κ1) is 37.6. The smallest absolute Gasteiger partial charge is 0.407 e. The standard InChI is InChI=1S/C43H47N3O6/c47-33-45-40-28-38(21-24-42(40)51-31-36-15-6-2-7-16-36)41(48)30-46(29-35-13-4-1-5-14-35)26-27-50-39-22-19-34(20-23-39)12-10-11-25-44-43(49)52-32-37-17-8-3-9-18-37/h1-9,13-24,28,33,41,48H,10-12,25-27,29-32H2,(H,44,49)(H,45,47). The molecule has 0 radical (unpaired) electrons. The maximum Gasteiger partial charge on any atom is 0.407 e. The third kappa shape index (κ3) is 12.9. The minimum Gasteiger partial charge on any atom is -0.492 e. The summed E-state index contributed by atoms with van der Waals surface area (Å²) in [5.41, 5.74) is 5.48. The molecule has 0 bridgehead atoms. The number of hydrogen-bond acceptors (Lipinski definition) is 7. The van der Waals surface area contributed by atoms with Crippen LogP contribution in [0, 0.1) is 0 Å². The van der Waals surface area contributed by atoms with Crippen molar-refractivity contribution in [3.8, 4) is 11.5 Å². The van der Waals surface area contributed by atoms with E-state index in [1.807, 2.05) is 97.1 Å². The van der Waals surface area contributed by atoms with E-state index in [1.54, 1.807) is 12.1 Å². The van der Waals surface area contributed by atoms with Gasteiger partial charge in [0.05, 0.1) is 11.8 Å². The van der Waals surface area contributed by atoms with Crippen LogP contribution in [0.4, 0.5) is 10.5 Å². The van der Waals surface area contributed by atoms with Gasteiger partial charge in [0.15, 0.2) is 0 Å². The summed E-state index contributed by atoms with van der Waals surface area (Å²) in [5.74, 6) is 1.31. The molecule has 9 heteroatoms. The van der Waals surface area contributed by atoms with Crippen LogP contribution < -0.4 is 20.1 Å². The summed E-state index contributed by atoms with van der Waals surface area (Å²) in [6.45, 7) is 3.21. The first-order chi connectivity index (χ1) is 25.6. The molecule has 5 rings (SSSR count). The number of unbranched alkanes of at least 4 members (excludes halogenated alkanes) is 1. The number of anilines is 1. The number of alkyl carbamates (subject to hydrolysis) is 1. The Bertz CT molecular complexity index is 1770. The number of ether oxygens (including phenoxy) is 3. The van der Waals surface area contributed by atoms with Gasteiger partial charge in [-0.15, -0.1) is 0 Å². The molecule has 0 aromatic heterocycles. The SMILES string of the molecule is O=CNc1cc(C(O)CN(CCOc2ccc(CCCCNC(=O)OCc3ccccc3)cc2)Cc2ccccc2)ccc1OCc1ccccc1. The van der Waals surface area contributed by atoms with Gasteiger partial charge in [-0.25, -0.2) is 4.79 Å². The lowest BCUT2D eigenvalue weighted by molar-refractivity contribution is -0.105. The molecular weight excluding hydrogens is 654 g/mol. The summed E-state index contributed by atoms with van der Waals surface area (Å²) in [4.78, 5) is 25.5. The maximum absolute atomic E-state index is 11.9. The van der Waals surface area contributed by atoms with Gasteiger partial charge in [0.2, 0.25) is 6.41 Å². The monoisotopic (exact) mass is 701 g/mol. The topological polar surface area (TPSA) is 109 Å². The third-order valence-electron chi connectivity index (χ3n) is 8.49. The molecule has 1 atom stereocenters. The van der Waals surface area contributed by atoms with Gasteiger partial charge >= 0.3 is 6.09 Å². The Labute approximate surface area is 306 Å². The molecule has 0 saturated carbocycles. The number of hydrogen-bond donors (Lipinski definition) is 3. The predicted molar refractivity (Wildman–Crippen MR) is 203 cm³/mol. The first-order valence-corrected chi connectivity index (χ1v) is 17.7. The van der Waals surface area contributed by atoms with Gasteiger partial charge in [-0.2, -0.15) is 0 Å². The van der Waals surface area contributed by atoms with Crippen molar-refractivity contribution in [1.29, 1.82) is 0 Å². The van der Waals surface area contributed by atoms with E-state index in [2.05, 4.69) is 39.8 Å². The van der Waals surface area contributed by atoms with Crippen molar-refractivity contribution in [2.24, 2.45) is 0 Å². The Morgan fingerprint density at radius 2 is 1.38 bits per heavy atom. The van der Waals surface area contributed by atoms with Crippen LogP contribution in [0.15, 0.2) is 133 Å². The molecule has 52 heavy (non-hydrogen) atoms. The number of aryl methyl sites for hydroxylation is 1. The molecule has 0 heterocycles. The summed E-state index contributed by atoms with van der Waals surface area (Å²) < 4.78 is 17.4. The second kappa shape index (κ2) is 20.9. The molecule has 0 saturated heterocycles. The molecule has 9 nitrogen and oxygen atoms in total. The summed E-state index contributed by atoms with van der Waals surface area (Å²) in [7, 11) is 0. The lowest BCUT2D eigenvalue weighted by atomic mass is 10.1. The largest absolute Gasteiger partial charge is 0.492 e. The second-order valence-electron chi connectivity index (χ2n) is 12.5. The predicted octanol–water partition coefficient (Wildman–Crippen LogP) is 7.70. The van der Waals surface area contributed by atoms with Gasteiger partial charge in [-0.3, -0.25) is 9.69 Å². The molecule has 0 spiro atoms. The van der Waals surface area contributed by atoms with Gasteiger partial charge < -0.3 is 30.0 Å². The summed E-state index contributed by atoms with van der Waals surface area (Å²) in [6, 6.07) is 43.0. The van der Waals surface area contributed by atoms with Crippen LogP contribution in [-0.4, -0.2) is 48.8 Å². The zero-order valence-electron chi connectivity index (χ0n) is 29.4. The van der Waals surface area contributed by atoms with Gasteiger partial charge in [0.25, 0.3) is 0 Å². The zero-order valence-corrected chi connectivity index (χ0v) is 29.4. The average Bonchev–Trinajstić information content (AvgIpc) is 3.18. The van der Waals surface area contributed by atoms with E-state index in [-0.39, 0.29) is 6.61 Å². The van der Waals surface area contributed by atoms with Crippen LogP contribution in [0.3, 0.4) is 0 Å². The highest BCUT2D eigenvalue weighted by Gasteiger charge is 2.17. The Morgan fingerprint density at radius 3 is 2.06 bits per heavy atom. The van der Waals surface area contributed by atoms with Crippen LogP contribution in [0.1, 0.15) is 46.8 Å². The normalized spacial score (nSPS) is 11.4. The van der Waals surface area contributed by atoms with E-state index < -0.39 is 12.2 Å². The van der Waals surface area contributed by atoms with E-state index >= 15 is 0 Å². The van der Waals surface area contributed by atoms with Crippen molar-refractivity contribution in [2.45, 2.75) is 45.1 Å². The molecular formula is C43H47N3O6. The average molecular weight is 702 g/mol. The summed E-state index contributed by atoms with van der Waals surface area (Å²) >= 11 is 0. The molecule has 0 fully saturated rings. The van der Waals surface area contributed by atoms with E-state index in [1.165, 1.54) is 5.56 Å². The van der Waals surface area contributed by atoms with Gasteiger partial charge in [-0.05, 0) is 71.3 Å². The number of carbonyl (C=O) groups is 2. The number of nitrogens with one attached hydrogen (secondary N) is 2. The Hall–Kier alpha value is -5.64. The molecule has 0 aliphatic carbocycles. The number of rotatable bonds is 21. The Morgan fingerprint density at radius 1 is 0.731 bits per heavy atom. The fourth-order valence-corrected chi connectivity index (χ4v) is 5.68. The van der Waals surface area contributed by atoms with E-state index in [9.17, 15) is 14.7 Å². The molecule has 5 aromatic carbocycles. The van der Waals surface area contributed by atoms with Crippen molar-refractivity contribution >= 4 is 18.2 Å². The second-order valence-corrected chi connectivity index (χ2v) is 12.5. The van der Waals surface area contributed by atoms with Crippen LogP contribution >= 0.6 is 0 Å². The number of aliphatic hydroxyl groups excluding tert-OH is 1. The Balaban J connectivity index is 1.07. The van der Waals surface area contributed by atoms with E-state index in [0.717, 1.165) is 41.7 Å². The minimum absolute atomic E-state index is 0.261. The summed E-state index contributed by atoms with van der Waals surface area (Å²) in [5, 5.41) is 16.9. The molecule has 1 unspecified atom stereocenters. The van der Waals surface area contributed by atoms with Crippen molar-refractivity contribution in [3.63, 3.8) is 0 Å². The maximum atomic E-state index is 11.9. The van der Waals surface area contributed by atoms with Crippen LogP contribution in [0.2, 0.25) is 0 Å².